The third kappa shape index (κ3) is 3.04. The van der Waals surface area contributed by atoms with Gasteiger partial charge in [-0.15, -0.1) is 0 Å². The van der Waals surface area contributed by atoms with Gasteiger partial charge in [0, 0.05) is 29.9 Å². The minimum Gasteiger partial charge on any atom is -0.315 e. The zero-order valence-electron chi connectivity index (χ0n) is 13.2. The van der Waals surface area contributed by atoms with Crippen molar-refractivity contribution in [2.45, 2.75) is 57.5 Å². The van der Waals surface area contributed by atoms with E-state index >= 15 is 0 Å². The molecule has 0 aromatic carbocycles. The van der Waals surface area contributed by atoms with Gasteiger partial charge in [-0.3, -0.25) is 9.88 Å². The van der Waals surface area contributed by atoms with Crippen molar-refractivity contribution in [3.8, 4) is 0 Å². The first kappa shape index (κ1) is 15.5. The molecular weight excluding hydrogens is 246 g/mol. The maximum absolute atomic E-state index is 4.52. The van der Waals surface area contributed by atoms with Crippen LogP contribution < -0.4 is 5.32 Å². The van der Waals surface area contributed by atoms with Gasteiger partial charge in [-0.25, -0.2) is 0 Å². The number of nitrogens with one attached hydrogen (secondary N) is 1. The Hall–Kier alpha value is -0.930. The maximum atomic E-state index is 4.52. The Morgan fingerprint density at radius 3 is 2.45 bits per heavy atom. The topological polar surface area (TPSA) is 28.2 Å². The highest BCUT2D eigenvalue weighted by Crippen LogP contribution is 2.38. The summed E-state index contributed by atoms with van der Waals surface area (Å²) in [5.74, 6) is 0. The molecule has 0 radical (unpaired) electrons. The van der Waals surface area contributed by atoms with Crippen LogP contribution in [0.15, 0.2) is 24.4 Å². The first-order valence-electron chi connectivity index (χ1n) is 8.09. The van der Waals surface area contributed by atoms with E-state index in [-0.39, 0.29) is 0 Å². The van der Waals surface area contributed by atoms with Gasteiger partial charge in [-0.05, 0) is 45.1 Å². The maximum Gasteiger partial charge on any atom is 0.0419 e. The number of hydrogen-bond acceptors (Lipinski definition) is 3. The van der Waals surface area contributed by atoms with E-state index in [2.05, 4.69) is 48.2 Å². The van der Waals surface area contributed by atoms with E-state index in [0.717, 1.165) is 19.5 Å². The van der Waals surface area contributed by atoms with Crippen molar-refractivity contribution >= 4 is 0 Å². The predicted molar refractivity (Wildman–Crippen MR) is 84.9 cm³/mol. The van der Waals surface area contributed by atoms with Gasteiger partial charge in [-0.1, -0.05) is 32.8 Å². The molecule has 1 N–H and O–H groups in total. The van der Waals surface area contributed by atoms with Crippen LogP contribution >= 0.6 is 0 Å². The zero-order chi connectivity index (χ0) is 14.4. The van der Waals surface area contributed by atoms with Gasteiger partial charge in [0.05, 0.1) is 0 Å². The molecule has 1 aromatic heterocycles. The number of pyridine rings is 1. The smallest absolute Gasteiger partial charge is 0.0419 e. The molecule has 112 valence electrons. The molecule has 1 fully saturated rings. The van der Waals surface area contributed by atoms with Crippen molar-refractivity contribution in [2.24, 2.45) is 0 Å². The van der Waals surface area contributed by atoms with E-state index in [1.54, 1.807) is 0 Å². The summed E-state index contributed by atoms with van der Waals surface area (Å²) in [5.41, 5.74) is 1.51. The lowest BCUT2D eigenvalue weighted by Crippen LogP contribution is -2.60. The summed E-state index contributed by atoms with van der Waals surface area (Å²) in [5, 5.41) is 3.60. The molecule has 2 rings (SSSR count). The van der Waals surface area contributed by atoms with Crippen molar-refractivity contribution in [1.82, 2.24) is 15.2 Å². The molecule has 0 saturated heterocycles. The number of likely N-dealkylation sites (N-methyl/N-ethyl adjacent to an activating group) is 2. The molecule has 1 aliphatic rings. The fraction of sp³-hybridized carbons (Fsp3) is 0.706. The Morgan fingerprint density at radius 1 is 1.25 bits per heavy atom. The van der Waals surface area contributed by atoms with E-state index in [0.29, 0.717) is 11.6 Å². The number of rotatable bonds is 7. The summed E-state index contributed by atoms with van der Waals surface area (Å²) in [4.78, 5) is 7.19. The SMILES string of the molecule is CCN(CC)C1(C(Cc2ccccn2)NC)CCCC1. The Kier molecular flexibility index (Phi) is 5.55. The first-order chi connectivity index (χ1) is 9.76. The molecular formula is C17H29N3. The number of nitrogens with zero attached hydrogens (tertiary/aromatic N) is 2. The molecule has 0 spiro atoms. The van der Waals surface area contributed by atoms with Crippen LogP contribution in [-0.4, -0.2) is 41.6 Å². The van der Waals surface area contributed by atoms with Gasteiger partial charge in [0.1, 0.15) is 0 Å². The Labute approximate surface area is 123 Å². The molecule has 3 nitrogen and oxygen atoms in total. The van der Waals surface area contributed by atoms with Crippen LogP contribution in [0, 0.1) is 0 Å². The van der Waals surface area contributed by atoms with E-state index < -0.39 is 0 Å². The molecule has 0 aliphatic heterocycles. The third-order valence-electron chi connectivity index (χ3n) is 5.00. The summed E-state index contributed by atoms with van der Waals surface area (Å²) in [6, 6.07) is 6.72. The standard InChI is InChI=1S/C17H29N3/c1-4-20(5-2)17(11-7-8-12-17)16(18-3)14-15-10-6-9-13-19-15/h6,9-10,13,16,18H,4-5,7-8,11-12,14H2,1-3H3. The average molecular weight is 275 g/mol. The molecule has 1 saturated carbocycles. The molecule has 0 bridgehead atoms. The van der Waals surface area contributed by atoms with Crippen molar-refractivity contribution < 1.29 is 0 Å². The van der Waals surface area contributed by atoms with Crippen molar-refractivity contribution in [1.29, 1.82) is 0 Å². The number of hydrogen-bond donors (Lipinski definition) is 1. The second-order valence-corrected chi connectivity index (χ2v) is 5.85. The van der Waals surface area contributed by atoms with E-state index in [9.17, 15) is 0 Å². The minimum absolute atomic E-state index is 0.315. The number of aromatic nitrogens is 1. The summed E-state index contributed by atoms with van der Waals surface area (Å²) >= 11 is 0. The van der Waals surface area contributed by atoms with Crippen LogP contribution in [0.3, 0.4) is 0 Å². The van der Waals surface area contributed by atoms with Crippen LogP contribution in [0.2, 0.25) is 0 Å². The normalized spacial score (nSPS) is 19.4. The van der Waals surface area contributed by atoms with Crippen LogP contribution in [0.4, 0.5) is 0 Å². The second-order valence-electron chi connectivity index (χ2n) is 5.85. The zero-order valence-corrected chi connectivity index (χ0v) is 13.2. The lowest BCUT2D eigenvalue weighted by Gasteiger charge is -2.46. The third-order valence-corrected chi connectivity index (χ3v) is 5.00. The molecule has 0 amide bonds. The monoisotopic (exact) mass is 275 g/mol. The highest BCUT2D eigenvalue weighted by molar-refractivity contribution is 5.11. The van der Waals surface area contributed by atoms with E-state index in [1.165, 1.54) is 31.4 Å². The summed E-state index contributed by atoms with van der Waals surface area (Å²) in [6.07, 6.45) is 8.27. The molecule has 1 aliphatic carbocycles. The Balaban J connectivity index is 2.21. The summed E-state index contributed by atoms with van der Waals surface area (Å²) in [6.45, 7) is 6.85. The molecule has 1 unspecified atom stereocenters. The molecule has 1 heterocycles. The lowest BCUT2D eigenvalue weighted by molar-refractivity contribution is 0.0655. The van der Waals surface area contributed by atoms with Gasteiger partial charge in [0.25, 0.3) is 0 Å². The van der Waals surface area contributed by atoms with Crippen molar-refractivity contribution in [3.63, 3.8) is 0 Å². The fourth-order valence-electron chi connectivity index (χ4n) is 4.01. The summed E-state index contributed by atoms with van der Waals surface area (Å²) < 4.78 is 0. The van der Waals surface area contributed by atoms with Crippen LogP contribution in [0.25, 0.3) is 0 Å². The molecule has 1 atom stereocenters. The van der Waals surface area contributed by atoms with Gasteiger partial charge >= 0.3 is 0 Å². The van der Waals surface area contributed by atoms with Crippen molar-refractivity contribution in [2.75, 3.05) is 20.1 Å². The quantitative estimate of drug-likeness (QED) is 0.829. The van der Waals surface area contributed by atoms with Gasteiger partial charge < -0.3 is 5.32 Å². The van der Waals surface area contributed by atoms with Gasteiger partial charge in [0.2, 0.25) is 0 Å². The van der Waals surface area contributed by atoms with E-state index in [4.69, 9.17) is 0 Å². The minimum atomic E-state index is 0.315. The average Bonchev–Trinajstić information content (AvgIpc) is 2.97. The van der Waals surface area contributed by atoms with E-state index in [1.807, 2.05) is 12.3 Å². The van der Waals surface area contributed by atoms with Crippen LogP contribution in [0.1, 0.15) is 45.2 Å². The highest BCUT2D eigenvalue weighted by Gasteiger charge is 2.44. The van der Waals surface area contributed by atoms with Crippen LogP contribution in [-0.2, 0) is 6.42 Å². The van der Waals surface area contributed by atoms with Gasteiger partial charge in [-0.2, -0.15) is 0 Å². The first-order valence-corrected chi connectivity index (χ1v) is 8.09. The molecule has 3 heteroatoms. The largest absolute Gasteiger partial charge is 0.315 e. The van der Waals surface area contributed by atoms with Gasteiger partial charge in [0.15, 0.2) is 0 Å². The fourth-order valence-corrected chi connectivity index (χ4v) is 4.01. The Morgan fingerprint density at radius 2 is 1.95 bits per heavy atom. The van der Waals surface area contributed by atoms with Crippen molar-refractivity contribution in [3.05, 3.63) is 30.1 Å². The lowest BCUT2D eigenvalue weighted by atomic mass is 9.83. The summed E-state index contributed by atoms with van der Waals surface area (Å²) in [7, 11) is 2.11. The Bertz CT molecular complexity index is 380. The predicted octanol–water partition coefficient (Wildman–Crippen LogP) is 2.87. The molecule has 1 aromatic rings. The second kappa shape index (κ2) is 7.19. The highest BCUT2D eigenvalue weighted by atomic mass is 15.2. The van der Waals surface area contributed by atoms with Crippen LogP contribution in [0.5, 0.6) is 0 Å². The molecule has 20 heavy (non-hydrogen) atoms.